The molecule has 0 unspecified atom stereocenters. The number of nitrogens with zero attached hydrogens (tertiary/aromatic N) is 2. The summed E-state index contributed by atoms with van der Waals surface area (Å²) in [7, 11) is 1.71. The molecule has 0 amide bonds. The Bertz CT molecular complexity index is 712. The first-order valence-electron chi connectivity index (χ1n) is 10.2. The van der Waals surface area contributed by atoms with E-state index in [1.165, 1.54) is 5.56 Å². The fraction of sp³-hybridized carbons (Fsp3) is 0.478. The first-order chi connectivity index (χ1) is 13.7. The molecule has 1 N–H and O–H groups in total. The van der Waals surface area contributed by atoms with E-state index in [1.807, 2.05) is 30.3 Å². The lowest BCUT2D eigenvalue weighted by Crippen LogP contribution is -2.49. The van der Waals surface area contributed by atoms with Gasteiger partial charge in [0, 0.05) is 32.7 Å². The molecular weight excluding hydrogens is 352 g/mol. The zero-order chi connectivity index (χ0) is 19.8. The van der Waals surface area contributed by atoms with Gasteiger partial charge in [-0.3, -0.25) is 4.90 Å². The van der Waals surface area contributed by atoms with Crippen LogP contribution in [0, 0.1) is 0 Å². The minimum atomic E-state index is -0.492. The van der Waals surface area contributed by atoms with Gasteiger partial charge in [0.05, 0.1) is 12.8 Å². The average Bonchev–Trinajstić information content (AvgIpc) is 2.74. The molecule has 152 valence electrons. The molecular formula is C23H32N2O3. The minimum absolute atomic E-state index is 0.319. The molecule has 1 saturated heterocycles. The molecule has 2 aromatic rings. The summed E-state index contributed by atoms with van der Waals surface area (Å²) >= 11 is 0. The molecule has 1 aliphatic heterocycles. The largest absolute Gasteiger partial charge is 0.495 e. The molecule has 1 fully saturated rings. The van der Waals surface area contributed by atoms with Crippen LogP contribution in [-0.4, -0.2) is 62.6 Å². The second kappa shape index (κ2) is 10.3. The number of rotatable bonds is 9. The third-order valence-corrected chi connectivity index (χ3v) is 5.17. The molecule has 5 heteroatoms. The lowest BCUT2D eigenvalue weighted by Gasteiger charge is -2.37. The van der Waals surface area contributed by atoms with Gasteiger partial charge in [-0.2, -0.15) is 0 Å². The van der Waals surface area contributed by atoms with E-state index in [0.717, 1.165) is 56.2 Å². The van der Waals surface area contributed by atoms with Gasteiger partial charge in [-0.15, -0.1) is 0 Å². The van der Waals surface area contributed by atoms with Crippen LogP contribution >= 0.6 is 0 Å². The molecule has 1 atom stereocenters. The summed E-state index contributed by atoms with van der Waals surface area (Å²) in [6.45, 7) is 6.81. The predicted octanol–water partition coefficient (Wildman–Crippen LogP) is 3.21. The van der Waals surface area contributed by atoms with Gasteiger partial charge in [-0.05, 0) is 36.2 Å². The highest BCUT2D eigenvalue weighted by molar-refractivity contribution is 5.58. The van der Waals surface area contributed by atoms with E-state index in [9.17, 15) is 5.11 Å². The van der Waals surface area contributed by atoms with Gasteiger partial charge in [0.25, 0.3) is 0 Å². The van der Waals surface area contributed by atoms with E-state index in [-0.39, 0.29) is 0 Å². The minimum Gasteiger partial charge on any atom is -0.495 e. The Labute approximate surface area is 168 Å². The number of β-amino-alcohol motifs (C(OH)–C–C–N with tert-alkyl or cyclic N) is 1. The van der Waals surface area contributed by atoms with Crippen LogP contribution < -0.4 is 14.4 Å². The van der Waals surface area contributed by atoms with Crippen LogP contribution in [0.1, 0.15) is 18.9 Å². The quantitative estimate of drug-likeness (QED) is 0.719. The second-order valence-electron chi connectivity index (χ2n) is 7.32. The van der Waals surface area contributed by atoms with Gasteiger partial charge in [-0.25, -0.2) is 0 Å². The molecule has 0 radical (unpaired) electrons. The number of aliphatic hydroxyl groups is 1. The number of ether oxygens (including phenoxy) is 2. The summed E-state index contributed by atoms with van der Waals surface area (Å²) in [5.41, 5.74) is 2.46. The maximum absolute atomic E-state index is 10.4. The van der Waals surface area contributed by atoms with Gasteiger partial charge < -0.3 is 19.5 Å². The van der Waals surface area contributed by atoms with E-state index in [1.54, 1.807) is 7.11 Å². The van der Waals surface area contributed by atoms with Crippen molar-refractivity contribution in [3.8, 4) is 11.5 Å². The third-order valence-electron chi connectivity index (χ3n) is 5.17. The third kappa shape index (κ3) is 5.63. The highest BCUT2D eigenvalue weighted by Crippen LogP contribution is 2.28. The maximum atomic E-state index is 10.4. The van der Waals surface area contributed by atoms with Gasteiger partial charge in [-0.1, -0.05) is 37.6 Å². The number of methoxy groups -OCH3 is 1. The first kappa shape index (κ1) is 20.5. The molecule has 1 heterocycles. The smallest absolute Gasteiger partial charge is 0.142 e. The molecule has 0 spiro atoms. The number of benzene rings is 2. The molecule has 1 aliphatic rings. The van der Waals surface area contributed by atoms with Gasteiger partial charge in [0.1, 0.15) is 24.2 Å². The van der Waals surface area contributed by atoms with Crippen molar-refractivity contribution in [1.82, 2.24) is 4.90 Å². The fourth-order valence-electron chi connectivity index (χ4n) is 3.65. The lowest BCUT2D eigenvalue weighted by atomic mass is 10.1. The van der Waals surface area contributed by atoms with Crippen LogP contribution in [0.25, 0.3) is 0 Å². The zero-order valence-corrected chi connectivity index (χ0v) is 17.0. The first-order valence-corrected chi connectivity index (χ1v) is 10.2. The fourth-order valence-corrected chi connectivity index (χ4v) is 3.65. The predicted molar refractivity (Wildman–Crippen MR) is 114 cm³/mol. The summed E-state index contributed by atoms with van der Waals surface area (Å²) in [5.74, 6) is 1.73. The van der Waals surface area contributed by atoms with Gasteiger partial charge in [0.2, 0.25) is 0 Å². The van der Waals surface area contributed by atoms with E-state index in [2.05, 4.69) is 34.9 Å². The molecule has 0 bridgehead atoms. The topological polar surface area (TPSA) is 45.2 Å². The lowest BCUT2D eigenvalue weighted by molar-refractivity contribution is 0.0663. The van der Waals surface area contributed by atoms with Crippen molar-refractivity contribution in [2.75, 3.05) is 51.3 Å². The van der Waals surface area contributed by atoms with E-state index in [0.29, 0.717) is 13.2 Å². The molecule has 5 nitrogen and oxygen atoms in total. The van der Waals surface area contributed by atoms with E-state index in [4.69, 9.17) is 9.47 Å². The van der Waals surface area contributed by atoms with Crippen molar-refractivity contribution in [3.05, 3.63) is 54.1 Å². The van der Waals surface area contributed by atoms with Crippen LogP contribution in [0.3, 0.4) is 0 Å². The standard InChI is InChI=1S/C23H32N2O3/c1-3-6-19-9-11-21(12-10-19)28-18-20(26)17-24-13-15-25(16-14-24)22-7-4-5-8-23(22)27-2/h4-5,7-12,20,26H,3,6,13-18H2,1-2H3/t20-/m1/s1. The van der Waals surface area contributed by atoms with Crippen LogP contribution in [0.15, 0.2) is 48.5 Å². The van der Waals surface area contributed by atoms with Crippen LogP contribution in [0.4, 0.5) is 5.69 Å². The Morgan fingerprint density at radius 2 is 1.71 bits per heavy atom. The Kier molecular flexibility index (Phi) is 7.57. The van der Waals surface area contributed by atoms with E-state index < -0.39 is 6.10 Å². The Hall–Kier alpha value is -2.24. The molecule has 3 rings (SSSR count). The number of hydrogen-bond donors (Lipinski definition) is 1. The van der Waals surface area contributed by atoms with Crippen molar-refractivity contribution in [2.45, 2.75) is 25.9 Å². The SMILES string of the molecule is CCCc1ccc(OC[C@H](O)CN2CCN(c3ccccc3OC)CC2)cc1. The summed E-state index contributed by atoms with van der Waals surface area (Å²) in [4.78, 5) is 4.64. The monoisotopic (exact) mass is 384 g/mol. The highest BCUT2D eigenvalue weighted by atomic mass is 16.5. The van der Waals surface area contributed by atoms with Crippen molar-refractivity contribution in [3.63, 3.8) is 0 Å². The average molecular weight is 385 g/mol. The molecule has 28 heavy (non-hydrogen) atoms. The molecule has 0 aliphatic carbocycles. The molecule has 0 aromatic heterocycles. The number of aliphatic hydroxyl groups excluding tert-OH is 1. The molecule has 0 saturated carbocycles. The van der Waals surface area contributed by atoms with Crippen LogP contribution in [-0.2, 0) is 6.42 Å². The summed E-state index contributed by atoms with van der Waals surface area (Å²) in [6, 6.07) is 16.3. The normalized spacial score (nSPS) is 16.0. The number of para-hydroxylation sites is 2. The second-order valence-corrected chi connectivity index (χ2v) is 7.32. The number of aryl methyl sites for hydroxylation is 1. The zero-order valence-electron chi connectivity index (χ0n) is 17.0. The van der Waals surface area contributed by atoms with Crippen LogP contribution in [0.2, 0.25) is 0 Å². The number of piperazine rings is 1. The summed E-state index contributed by atoms with van der Waals surface area (Å²) in [5, 5.41) is 10.4. The van der Waals surface area contributed by atoms with Gasteiger partial charge >= 0.3 is 0 Å². The number of hydrogen-bond acceptors (Lipinski definition) is 5. The van der Waals surface area contributed by atoms with Crippen molar-refractivity contribution in [2.24, 2.45) is 0 Å². The highest BCUT2D eigenvalue weighted by Gasteiger charge is 2.21. The Balaban J connectivity index is 1.41. The summed E-state index contributed by atoms with van der Waals surface area (Å²) < 4.78 is 11.2. The van der Waals surface area contributed by atoms with E-state index >= 15 is 0 Å². The Morgan fingerprint density at radius 3 is 2.39 bits per heavy atom. The maximum Gasteiger partial charge on any atom is 0.142 e. The Morgan fingerprint density at radius 1 is 1.00 bits per heavy atom. The number of anilines is 1. The van der Waals surface area contributed by atoms with Crippen LogP contribution in [0.5, 0.6) is 11.5 Å². The van der Waals surface area contributed by atoms with Crippen molar-refractivity contribution >= 4 is 5.69 Å². The van der Waals surface area contributed by atoms with Crippen molar-refractivity contribution < 1.29 is 14.6 Å². The van der Waals surface area contributed by atoms with Crippen molar-refractivity contribution in [1.29, 1.82) is 0 Å². The molecule has 2 aromatic carbocycles. The van der Waals surface area contributed by atoms with Gasteiger partial charge in [0.15, 0.2) is 0 Å². The summed E-state index contributed by atoms with van der Waals surface area (Å²) in [6.07, 6.45) is 1.74.